The zero-order chi connectivity index (χ0) is 17.6. The first-order valence-electron chi connectivity index (χ1n) is 8.64. The molecule has 5 nitrogen and oxygen atoms in total. The van der Waals surface area contributed by atoms with Crippen LogP contribution in [0, 0.1) is 0 Å². The zero-order valence-electron chi connectivity index (χ0n) is 14.8. The van der Waals surface area contributed by atoms with E-state index < -0.39 is 6.10 Å². The Labute approximate surface area is 160 Å². The SMILES string of the molecule is CC(NC(=O)[C@@H]1CC[C@H](CN)O1)c1ccc(Oc2ccccc2)cc1.Cl. The maximum atomic E-state index is 12.3. The molecule has 0 saturated carbocycles. The molecule has 1 aliphatic rings. The van der Waals surface area contributed by atoms with Gasteiger partial charge in [0.2, 0.25) is 5.91 Å². The number of carbonyl (C=O) groups is 1. The van der Waals surface area contributed by atoms with Crippen molar-refractivity contribution >= 4 is 18.3 Å². The van der Waals surface area contributed by atoms with E-state index in [1.165, 1.54) is 0 Å². The molecule has 1 heterocycles. The van der Waals surface area contributed by atoms with Crippen molar-refractivity contribution in [2.75, 3.05) is 6.54 Å². The minimum absolute atomic E-state index is 0. The van der Waals surface area contributed by atoms with E-state index in [0.29, 0.717) is 6.54 Å². The van der Waals surface area contributed by atoms with E-state index in [1.807, 2.05) is 61.5 Å². The maximum Gasteiger partial charge on any atom is 0.249 e. The molecule has 1 amide bonds. The average molecular weight is 377 g/mol. The van der Waals surface area contributed by atoms with E-state index in [4.69, 9.17) is 15.2 Å². The van der Waals surface area contributed by atoms with Gasteiger partial charge in [0.15, 0.2) is 0 Å². The van der Waals surface area contributed by atoms with Crippen LogP contribution >= 0.6 is 12.4 Å². The second kappa shape index (κ2) is 9.57. The predicted molar refractivity (Wildman–Crippen MR) is 104 cm³/mol. The van der Waals surface area contributed by atoms with Crippen LogP contribution in [0.1, 0.15) is 31.4 Å². The molecule has 140 valence electrons. The predicted octanol–water partition coefficient (Wildman–Crippen LogP) is 3.58. The Kier molecular flexibility index (Phi) is 7.45. The number of ether oxygens (including phenoxy) is 2. The van der Waals surface area contributed by atoms with Crippen molar-refractivity contribution in [1.29, 1.82) is 0 Å². The molecule has 1 saturated heterocycles. The average Bonchev–Trinajstić information content (AvgIpc) is 3.12. The second-order valence-electron chi connectivity index (χ2n) is 6.27. The van der Waals surface area contributed by atoms with Gasteiger partial charge in [-0.05, 0) is 49.6 Å². The van der Waals surface area contributed by atoms with Gasteiger partial charge in [-0.2, -0.15) is 0 Å². The summed E-state index contributed by atoms with van der Waals surface area (Å²) in [5.41, 5.74) is 6.61. The van der Waals surface area contributed by atoms with E-state index in [1.54, 1.807) is 0 Å². The Balaban J connectivity index is 0.00000243. The van der Waals surface area contributed by atoms with Gasteiger partial charge in [-0.1, -0.05) is 30.3 Å². The van der Waals surface area contributed by atoms with Crippen LogP contribution in [0.4, 0.5) is 0 Å². The third kappa shape index (κ3) is 5.21. The van der Waals surface area contributed by atoms with Gasteiger partial charge < -0.3 is 20.5 Å². The van der Waals surface area contributed by atoms with Crippen LogP contribution in [-0.4, -0.2) is 24.7 Å². The smallest absolute Gasteiger partial charge is 0.249 e. The summed E-state index contributed by atoms with van der Waals surface area (Å²) in [5.74, 6) is 1.48. The molecule has 0 aromatic heterocycles. The molecule has 3 N–H and O–H groups in total. The topological polar surface area (TPSA) is 73.6 Å². The highest BCUT2D eigenvalue weighted by atomic mass is 35.5. The van der Waals surface area contributed by atoms with Crippen molar-refractivity contribution in [3.8, 4) is 11.5 Å². The number of nitrogens with one attached hydrogen (secondary N) is 1. The Morgan fingerprint density at radius 1 is 1.15 bits per heavy atom. The summed E-state index contributed by atoms with van der Waals surface area (Å²) >= 11 is 0. The van der Waals surface area contributed by atoms with Crippen LogP contribution in [0.15, 0.2) is 54.6 Å². The van der Waals surface area contributed by atoms with E-state index in [-0.39, 0.29) is 30.5 Å². The zero-order valence-corrected chi connectivity index (χ0v) is 15.6. The van der Waals surface area contributed by atoms with Crippen LogP contribution in [0.25, 0.3) is 0 Å². The molecule has 6 heteroatoms. The molecule has 0 spiro atoms. The van der Waals surface area contributed by atoms with E-state index in [2.05, 4.69) is 5.32 Å². The fourth-order valence-corrected chi connectivity index (χ4v) is 2.91. The molecule has 3 atom stereocenters. The number of halogens is 1. The molecule has 2 aromatic rings. The number of nitrogens with two attached hydrogens (primary N) is 1. The van der Waals surface area contributed by atoms with Crippen LogP contribution in [0.3, 0.4) is 0 Å². The normalized spacial score (nSPS) is 20.1. The fraction of sp³-hybridized carbons (Fsp3) is 0.350. The van der Waals surface area contributed by atoms with Gasteiger partial charge in [0, 0.05) is 6.54 Å². The first kappa shape index (κ1) is 20.2. The van der Waals surface area contributed by atoms with Gasteiger partial charge in [-0.3, -0.25) is 4.79 Å². The summed E-state index contributed by atoms with van der Waals surface area (Å²) in [4.78, 5) is 12.3. The lowest BCUT2D eigenvalue weighted by atomic mass is 10.1. The number of amides is 1. The van der Waals surface area contributed by atoms with Gasteiger partial charge in [-0.25, -0.2) is 0 Å². The number of carbonyl (C=O) groups excluding carboxylic acids is 1. The van der Waals surface area contributed by atoms with Crippen LogP contribution in [-0.2, 0) is 9.53 Å². The Morgan fingerprint density at radius 3 is 2.42 bits per heavy atom. The van der Waals surface area contributed by atoms with Crippen molar-refractivity contribution in [3.05, 3.63) is 60.2 Å². The lowest BCUT2D eigenvalue weighted by Crippen LogP contribution is -2.36. The molecule has 1 unspecified atom stereocenters. The standard InChI is InChI=1S/C20H24N2O3.ClH/c1-14(22-20(23)19-12-11-18(13-21)25-19)15-7-9-17(10-8-15)24-16-5-3-2-4-6-16;/h2-10,14,18-19H,11-13,21H2,1H3,(H,22,23);1H/t14?,18-,19+;/m1./s1. The van der Waals surface area contributed by atoms with E-state index >= 15 is 0 Å². The fourth-order valence-electron chi connectivity index (χ4n) is 2.91. The summed E-state index contributed by atoms with van der Waals surface area (Å²) in [6.45, 7) is 2.42. The molecule has 1 aliphatic heterocycles. The number of benzene rings is 2. The highest BCUT2D eigenvalue weighted by Crippen LogP contribution is 2.24. The number of rotatable bonds is 6. The third-order valence-electron chi connectivity index (χ3n) is 4.38. The Hall–Kier alpha value is -2.08. The van der Waals surface area contributed by atoms with Crippen LogP contribution in [0.2, 0.25) is 0 Å². The van der Waals surface area contributed by atoms with Gasteiger partial charge in [0.05, 0.1) is 12.1 Å². The largest absolute Gasteiger partial charge is 0.457 e. The Bertz CT molecular complexity index is 694. The van der Waals surface area contributed by atoms with Crippen molar-refractivity contribution in [3.63, 3.8) is 0 Å². The Morgan fingerprint density at radius 2 is 1.81 bits per heavy atom. The second-order valence-corrected chi connectivity index (χ2v) is 6.27. The van der Waals surface area contributed by atoms with Gasteiger partial charge in [-0.15, -0.1) is 12.4 Å². The van der Waals surface area contributed by atoms with Crippen molar-refractivity contribution < 1.29 is 14.3 Å². The van der Waals surface area contributed by atoms with E-state index in [9.17, 15) is 4.79 Å². The molecule has 1 fully saturated rings. The van der Waals surface area contributed by atoms with Crippen LogP contribution in [0.5, 0.6) is 11.5 Å². The summed E-state index contributed by atoms with van der Waals surface area (Å²) in [7, 11) is 0. The lowest BCUT2D eigenvalue weighted by molar-refractivity contribution is -0.132. The maximum absolute atomic E-state index is 12.3. The highest BCUT2D eigenvalue weighted by molar-refractivity contribution is 5.85. The van der Waals surface area contributed by atoms with Crippen LogP contribution < -0.4 is 15.8 Å². The quantitative estimate of drug-likeness (QED) is 0.808. The van der Waals surface area contributed by atoms with Gasteiger partial charge >= 0.3 is 0 Å². The number of para-hydroxylation sites is 1. The first-order valence-corrected chi connectivity index (χ1v) is 8.64. The van der Waals surface area contributed by atoms with E-state index in [0.717, 1.165) is 29.9 Å². The van der Waals surface area contributed by atoms with Crippen molar-refractivity contribution in [2.45, 2.75) is 38.0 Å². The monoisotopic (exact) mass is 376 g/mol. The minimum atomic E-state index is -0.392. The van der Waals surface area contributed by atoms with Crippen molar-refractivity contribution in [2.24, 2.45) is 5.73 Å². The number of hydrogen-bond acceptors (Lipinski definition) is 4. The molecular weight excluding hydrogens is 352 g/mol. The highest BCUT2D eigenvalue weighted by Gasteiger charge is 2.30. The molecule has 2 aromatic carbocycles. The van der Waals surface area contributed by atoms with Gasteiger partial charge in [0.1, 0.15) is 17.6 Å². The molecule has 3 rings (SSSR count). The van der Waals surface area contributed by atoms with Crippen molar-refractivity contribution in [1.82, 2.24) is 5.32 Å². The summed E-state index contributed by atoms with van der Waals surface area (Å²) in [6, 6.07) is 17.3. The molecular formula is C20H25ClN2O3. The molecule has 0 radical (unpaired) electrons. The first-order chi connectivity index (χ1) is 12.2. The summed E-state index contributed by atoms with van der Waals surface area (Å²) in [5, 5.41) is 3.01. The lowest BCUT2D eigenvalue weighted by Gasteiger charge is -2.18. The molecule has 26 heavy (non-hydrogen) atoms. The minimum Gasteiger partial charge on any atom is -0.457 e. The summed E-state index contributed by atoms with van der Waals surface area (Å²) < 4.78 is 11.4. The molecule has 0 aliphatic carbocycles. The molecule has 0 bridgehead atoms. The third-order valence-corrected chi connectivity index (χ3v) is 4.38. The number of hydrogen-bond donors (Lipinski definition) is 2. The summed E-state index contributed by atoms with van der Waals surface area (Å²) in [6.07, 6.45) is 1.18. The van der Waals surface area contributed by atoms with Gasteiger partial charge in [0.25, 0.3) is 0 Å².